The Hall–Kier alpha value is -2.48. The van der Waals surface area contributed by atoms with E-state index < -0.39 is 0 Å². The largest absolute Gasteiger partial charge is 0.340 e. The molecule has 1 fully saturated rings. The molecule has 0 unspecified atom stereocenters. The minimum absolute atomic E-state index is 0.0162. The molecule has 124 valence electrons. The van der Waals surface area contributed by atoms with Crippen molar-refractivity contribution in [1.29, 1.82) is 0 Å². The van der Waals surface area contributed by atoms with Gasteiger partial charge >= 0.3 is 0 Å². The quantitative estimate of drug-likeness (QED) is 0.780. The number of rotatable bonds is 4. The van der Waals surface area contributed by atoms with Crippen molar-refractivity contribution in [2.45, 2.75) is 31.8 Å². The van der Waals surface area contributed by atoms with Crippen molar-refractivity contribution in [2.24, 2.45) is 0 Å². The standard InChI is InChI=1S/C15H16ClN7O/c16-10-3-4-11-12(8-10)19-15(18-11)13-2-1-6-23(13)14(24)5-7-22-9-17-20-21-22/h3-4,8-9,13H,1-2,5-7H2,(H,18,19)/t13-/m1/s1. The molecular weight excluding hydrogens is 330 g/mol. The average Bonchev–Trinajstić information content (AvgIpc) is 3.30. The second-order valence-corrected chi connectivity index (χ2v) is 6.29. The van der Waals surface area contributed by atoms with Gasteiger partial charge < -0.3 is 9.88 Å². The maximum atomic E-state index is 12.6. The number of hydrogen-bond donors (Lipinski definition) is 1. The summed E-state index contributed by atoms with van der Waals surface area (Å²) in [7, 11) is 0. The summed E-state index contributed by atoms with van der Waals surface area (Å²) < 4.78 is 1.56. The van der Waals surface area contributed by atoms with Crippen molar-refractivity contribution in [3.05, 3.63) is 35.4 Å². The maximum Gasteiger partial charge on any atom is 0.225 e. The lowest BCUT2D eigenvalue weighted by atomic mass is 10.2. The molecule has 1 N–H and O–H groups in total. The van der Waals surface area contributed by atoms with Gasteiger partial charge in [0.05, 0.1) is 23.6 Å². The fraction of sp³-hybridized carbons (Fsp3) is 0.400. The van der Waals surface area contributed by atoms with Crippen LogP contribution < -0.4 is 0 Å². The smallest absolute Gasteiger partial charge is 0.225 e. The van der Waals surface area contributed by atoms with Crippen LogP contribution in [0.2, 0.25) is 5.02 Å². The molecule has 4 rings (SSSR count). The lowest BCUT2D eigenvalue weighted by Crippen LogP contribution is -2.31. The number of tetrazole rings is 1. The topological polar surface area (TPSA) is 92.6 Å². The number of imidazole rings is 1. The number of carbonyl (C=O) groups excluding carboxylic acids is 1. The number of aromatic nitrogens is 6. The number of nitrogens with one attached hydrogen (secondary N) is 1. The molecule has 24 heavy (non-hydrogen) atoms. The minimum Gasteiger partial charge on any atom is -0.340 e. The van der Waals surface area contributed by atoms with Crippen LogP contribution in [0.15, 0.2) is 24.5 Å². The third kappa shape index (κ3) is 2.84. The van der Waals surface area contributed by atoms with Crippen LogP contribution in [0.3, 0.4) is 0 Å². The Morgan fingerprint density at radius 3 is 3.17 bits per heavy atom. The summed E-state index contributed by atoms with van der Waals surface area (Å²) in [5.74, 6) is 0.909. The molecule has 9 heteroatoms. The highest BCUT2D eigenvalue weighted by molar-refractivity contribution is 6.31. The molecule has 1 aromatic carbocycles. The average molecular weight is 346 g/mol. The lowest BCUT2D eigenvalue weighted by molar-refractivity contribution is -0.132. The summed E-state index contributed by atoms with van der Waals surface area (Å²) in [5.41, 5.74) is 1.76. The molecule has 1 atom stereocenters. The number of fused-ring (bicyclic) bond motifs is 1. The zero-order valence-electron chi connectivity index (χ0n) is 12.9. The Bertz CT molecular complexity index is 860. The Labute approximate surface area is 142 Å². The number of carbonyl (C=O) groups is 1. The molecular formula is C15H16ClN7O. The van der Waals surface area contributed by atoms with E-state index in [0.717, 1.165) is 36.2 Å². The molecule has 0 bridgehead atoms. The van der Waals surface area contributed by atoms with Gasteiger partial charge in [-0.25, -0.2) is 9.67 Å². The van der Waals surface area contributed by atoms with Gasteiger partial charge in [-0.3, -0.25) is 4.79 Å². The molecule has 0 radical (unpaired) electrons. The predicted octanol–water partition coefficient (Wildman–Crippen LogP) is 1.96. The van der Waals surface area contributed by atoms with Crippen molar-refractivity contribution in [1.82, 2.24) is 35.1 Å². The predicted molar refractivity (Wildman–Crippen MR) is 87.2 cm³/mol. The van der Waals surface area contributed by atoms with Crippen molar-refractivity contribution in [3.63, 3.8) is 0 Å². The molecule has 1 amide bonds. The third-order valence-electron chi connectivity index (χ3n) is 4.30. The fourth-order valence-corrected chi connectivity index (χ4v) is 3.32. The van der Waals surface area contributed by atoms with E-state index in [1.807, 2.05) is 23.1 Å². The van der Waals surface area contributed by atoms with Gasteiger partial charge in [0.15, 0.2) is 0 Å². The molecule has 0 aliphatic carbocycles. The van der Waals surface area contributed by atoms with Crippen LogP contribution in [-0.2, 0) is 11.3 Å². The molecule has 3 heterocycles. The van der Waals surface area contributed by atoms with E-state index in [0.29, 0.717) is 18.0 Å². The van der Waals surface area contributed by atoms with Gasteiger partial charge in [0, 0.05) is 18.0 Å². The number of aryl methyl sites for hydroxylation is 1. The summed E-state index contributed by atoms with van der Waals surface area (Å²) in [5, 5.41) is 11.6. The molecule has 8 nitrogen and oxygen atoms in total. The molecule has 0 spiro atoms. The summed E-state index contributed by atoms with van der Waals surface area (Å²) in [6.07, 6.45) is 3.76. The zero-order chi connectivity index (χ0) is 16.5. The fourth-order valence-electron chi connectivity index (χ4n) is 3.15. The van der Waals surface area contributed by atoms with Crippen LogP contribution in [0, 0.1) is 0 Å². The number of halogens is 1. The van der Waals surface area contributed by atoms with Gasteiger partial charge in [0.2, 0.25) is 5.91 Å². The number of likely N-dealkylation sites (tertiary alicyclic amines) is 1. The van der Waals surface area contributed by atoms with Crippen LogP contribution in [0.4, 0.5) is 0 Å². The monoisotopic (exact) mass is 345 g/mol. The van der Waals surface area contributed by atoms with Crippen molar-refractivity contribution < 1.29 is 4.79 Å². The molecule has 1 saturated heterocycles. The number of aromatic amines is 1. The number of amides is 1. The van der Waals surface area contributed by atoms with Crippen LogP contribution in [0.5, 0.6) is 0 Å². The van der Waals surface area contributed by atoms with Crippen LogP contribution in [0.1, 0.15) is 31.1 Å². The Kier molecular flexibility index (Phi) is 3.89. The Balaban J connectivity index is 1.51. The first kappa shape index (κ1) is 15.1. The number of hydrogen-bond acceptors (Lipinski definition) is 5. The molecule has 2 aromatic heterocycles. The van der Waals surface area contributed by atoms with E-state index in [9.17, 15) is 4.79 Å². The van der Waals surface area contributed by atoms with Gasteiger partial charge in [0.1, 0.15) is 12.2 Å². The summed E-state index contributed by atoms with van der Waals surface area (Å²) in [6.45, 7) is 1.22. The first-order valence-electron chi connectivity index (χ1n) is 7.86. The van der Waals surface area contributed by atoms with Gasteiger partial charge in [-0.05, 0) is 41.5 Å². The van der Waals surface area contributed by atoms with Gasteiger partial charge in [0.25, 0.3) is 0 Å². The van der Waals surface area contributed by atoms with E-state index in [-0.39, 0.29) is 11.9 Å². The van der Waals surface area contributed by atoms with E-state index in [4.69, 9.17) is 11.6 Å². The molecule has 1 aliphatic heterocycles. The number of benzene rings is 1. The van der Waals surface area contributed by atoms with Gasteiger partial charge in [-0.2, -0.15) is 0 Å². The summed E-state index contributed by atoms with van der Waals surface area (Å²) in [6, 6.07) is 5.54. The second-order valence-electron chi connectivity index (χ2n) is 5.85. The maximum absolute atomic E-state index is 12.6. The third-order valence-corrected chi connectivity index (χ3v) is 4.53. The highest BCUT2D eigenvalue weighted by Gasteiger charge is 2.31. The highest BCUT2D eigenvalue weighted by Crippen LogP contribution is 2.32. The highest BCUT2D eigenvalue weighted by atomic mass is 35.5. The van der Waals surface area contributed by atoms with Crippen LogP contribution in [0.25, 0.3) is 11.0 Å². The normalized spacial score (nSPS) is 17.7. The van der Waals surface area contributed by atoms with Crippen molar-refractivity contribution in [2.75, 3.05) is 6.54 Å². The molecule has 0 saturated carbocycles. The van der Waals surface area contributed by atoms with Crippen LogP contribution in [-0.4, -0.2) is 47.5 Å². The van der Waals surface area contributed by atoms with Crippen molar-refractivity contribution >= 4 is 28.5 Å². The lowest BCUT2D eigenvalue weighted by Gasteiger charge is -2.23. The molecule has 1 aliphatic rings. The van der Waals surface area contributed by atoms with E-state index in [1.165, 1.54) is 6.33 Å². The van der Waals surface area contributed by atoms with Gasteiger partial charge in [-0.1, -0.05) is 11.6 Å². The second kappa shape index (κ2) is 6.20. The zero-order valence-corrected chi connectivity index (χ0v) is 13.6. The number of H-pyrrole nitrogens is 1. The first-order chi connectivity index (χ1) is 11.7. The van der Waals surface area contributed by atoms with E-state index in [2.05, 4.69) is 25.5 Å². The summed E-state index contributed by atoms with van der Waals surface area (Å²) >= 11 is 6.03. The Morgan fingerprint density at radius 1 is 1.42 bits per heavy atom. The van der Waals surface area contributed by atoms with Gasteiger partial charge in [-0.15, -0.1) is 5.10 Å². The van der Waals surface area contributed by atoms with Crippen molar-refractivity contribution in [3.8, 4) is 0 Å². The van der Waals surface area contributed by atoms with E-state index >= 15 is 0 Å². The summed E-state index contributed by atoms with van der Waals surface area (Å²) in [4.78, 5) is 22.4. The van der Waals surface area contributed by atoms with Crippen LogP contribution >= 0.6 is 11.6 Å². The molecule has 3 aromatic rings. The first-order valence-corrected chi connectivity index (χ1v) is 8.24. The van der Waals surface area contributed by atoms with E-state index in [1.54, 1.807) is 4.68 Å². The number of nitrogens with zero attached hydrogens (tertiary/aromatic N) is 6. The minimum atomic E-state index is -0.0162. The Morgan fingerprint density at radius 2 is 2.33 bits per heavy atom. The SMILES string of the molecule is O=C(CCn1cnnn1)N1CCC[C@@H]1c1nc2ccc(Cl)cc2[nH]1.